The molecule has 1 heterocycles. The maximum Gasteiger partial charge on any atom is 0.332 e. The van der Waals surface area contributed by atoms with Gasteiger partial charge in [-0.25, -0.2) is 14.2 Å². The summed E-state index contributed by atoms with van der Waals surface area (Å²) in [6, 6.07) is 7.03. The molecule has 3 rings (SSSR count). The van der Waals surface area contributed by atoms with Crippen LogP contribution in [0.15, 0.2) is 36.5 Å². The first-order valence-corrected chi connectivity index (χ1v) is 7.27. The van der Waals surface area contributed by atoms with E-state index < -0.39 is 23.2 Å². The largest absolute Gasteiger partial charge is 0.505 e. The average Bonchev–Trinajstić information content (AvgIpc) is 2.92. The number of methoxy groups -OCH3 is 1. The molecule has 0 saturated carbocycles. The molecule has 0 fully saturated rings. The summed E-state index contributed by atoms with van der Waals surface area (Å²) < 4.78 is 18.3. The number of rotatable bonds is 3. The molecule has 2 N–H and O–H groups in total. The highest BCUT2D eigenvalue weighted by molar-refractivity contribution is 5.99. The third kappa shape index (κ3) is 2.68. The van der Waals surface area contributed by atoms with E-state index in [1.165, 1.54) is 37.6 Å². The Morgan fingerprint density at radius 3 is 2.75 bits per heavy atom. The van der Waals surface area contributed by atoms with Crippen molar-refractivity contribution in [2.75, 3.05) is 7.11 Å². The van der Waals surface area contributed by atoms with Gasteiger partial charge >= 0.3 is 5.97 Å². The molecule has 1 aliphatic carbocycles. The van der Waals surface area contributed by atoms with Crippen molar-refractivity contribution in [3.05, 3.63) is 59.2 Å². The number of fused-ring (bicyclic) bond motifs is 1. The van der Waals surface area contributed by atoms with E-state index in [2.05, 4.69) is 10.3 Å². The van der Waals surface area contributed by atoms with Crippen LogP contribution in [0.1, 0.15) is 21.6 Å². The lowest BCUT2D eigenvalue weighted by Crippen LogP contribution is -2.56. The number of halogens is 1. The van der Waals surface area contributed by atoms with Crippen LogP contribution in [-0.2, 0) is 22.4 Å². The van der Waals surface area contributed by atoms with Crippen LogP contribution in [0.3, 0.4) is 0 Å². The van der Waals surface area contributed by atoms with Crippen molar-refractivity contribution in [3.8, 4) is 5.75 Å². The Kier molecular flexibility index (Phi) is 3.92. The molecule has 0 radical (unpaired) electrons. The van der Waals surface area contributed by atoms with Crippen LogP contribution in [0.25, 0.3) is 0 Å². The fraction of sp³-hybridized carbons (Fsp3) is 0.235. The zero-order valence-electron chi connectivity index (χ0n) is 12.9. The number of nitrogens with one attached hydrogen (secondary N) is 1. The predicted molar refractivity (Wildman–Crippen MR) is 81.9 cm³/mol. The van der Waals surface area contributed by atoms with Gasteiger partial charge in [0.05, 0.1) is 7.11 Å². The second-order valence-corrected chi connectivity index (χ2v) is 5.67. The van der Waals surface area contributed by atoms with Gasteiger partial charge in [0.25, 0.3) is 5.91 Å². The number of amides is 1. The quantitative estimate of drug-likeness (QED) is 0.830. The minimum atomic E-state index is -1.36. The lowest BCUT2D eigenvalue weighted by molar-refractivity contribution is -0.147. The Hall–Kier alpha value is -2.96. The Bertz CT molecular complexity index is 824. The van der Waals surface area contributed by atoms with E-state index >= 15 is 0 Å². The number of ether oxygens (including phenoxy) is 1. The van der Waals surface area contributed by atoms with Crippen molar-refractivity contribution in [3.63, 3.8) is 0 Å². The van der Waals surface area contributed by atoms with E-state index in [9.17, 15) is 19.1 Å². The molecular formula is C17H15FN2O4. The van der Waals surface area contributed by atoms with Crippen LogP contribution in [0, 0.1) is 5.82 Å². The monoisotopic (exact) mass is 330 g/mol. The van der Waals surface area contributed by atoms with Crippen molar-refractivity contribution >= 4 is 11.9 Å². The zero-order chi connectivity index (χ0) is 17.3. The van der Waals surface area contributed by atoms with E-state index in [1.807, 2.05) is 0 Å². The summed E-state index contributed by atoms with van der Waals surface area (Å²) in [5.74, 6) is -2.05. The minimum absolute atomic E-state index is 0.103. The van der Waals surface area contributed by atoms with Gasteiger partial charge in [-0.2, -0.15) is 0 Å². The van der Waals surface area contributed by atoms with Gasteiger partial charge in [0, 0.05) is 19.0 Å². The first-order valence-electron chi connectivity index (χ1n) is 7.27. The molecule has 0 bridgehead atoms. The van der Waals surface area contributed by atoms with Gasteiger partial charge in [0.2, 0.25) is 0 Å². The Morgan fingerprint density at radius 2 is 2.04 bits per heavy atom. The van der Waals surface area contributed by atoms with Crippen molar-refractivity contribution in [2.45, 2.75) is 18.4 Å². The summed E-state index contributed by atoms with van der Waals surface area (Å²) in [6.07, 6.45) is 1.64. The van der Waals surface area contributed by atoms with Crippen LogP contribution >= 0.6 is 0 Å². The fourth-order valence-electron chi connectivity index (χ4n) is 2.97. The maximum atomic E-state index is 13.4. The molecule has 0 spiro atoms. The lowest BCUT2D eigenvalue weighted by atomic mass is 9.95. The SMILES string of the molecule is COC(=O)C1(NC(=O)c2ncccc2O)Cc2ccc(F)cc2C1. The predicted octanol–water partition coefficient (Wildman–Crippen LogP) is 1.37. The number of esters is 1. The van der Waals surface area contributed by atoms with Crippen molar-refractivity contribution in [1.29, 1.82) is 0 Å². The minimum Gasteiger partial charge on any atom is -0.505 e. The standard InChI is InChI=1S/C17H15FN2O4/c1-24-16(23)17(8-10-4-5-12(18)7-11(10)9-17)20-15(22)14-13(21)3-2-6-19-14/h2-7,21H,8-9H2,1H3,(H,20,22). The summed E-state index contributed by atoms with van der Waals surface area (Å²) in [6.45, 7) is 0. The van der Waals surface area contributed by atoms with Gasteiger partial charge in [-0.05, 0) is 35.4 Å². The molecule has 7 heteroatoms. The van der Waals surface area contributed by atoms with E-state index in [-0.39, 0.29) is 24.3 Å². The van der Waals surface area contributed by atoms with Crippen LogP contribution in [0.2, 0.25) is 0 Å². The summed E-state index contributed by atoms with van der Waals surface area (Å²) >= 11 is 0. The third-order valence-electron chi connectivity index (χ3n) is 4.08. The highest BCUT2D eigenvalue weighted by Crippen LogP contribution is 2.32. The number of benzene rings is 1. The van der Waals surface area contributed by atoms with Gasteiger partial charge in [0.15, 0.2) is 5.69 Å². The van der Waals surface area contributed by atoms with E-state index in [0.29, 0.717) is 5.56 Å². The number of aromatic hydroxyl groups is 1. The second kappa shape index (κ2) is 5.92. The van der Waals surface area contributed by atoms with E-state index in [1.54, 1.807) is 6.07 Å². The molecule has 6 nitrogen and oxygen atoms in total. The van der Waals surface area contributed by atoms with Gasteiger partial charge in [-0.1, -0.05) is 6.07 Å². The number of hydrogen-bond acceptors (Lipinski definition) is 5. The topological polar surface area (TPSA) is 88.5 Å². The molecule has 24 heavy (non-hydrogen) atoms. The summed E-state index contributed by atoms with van der Waals surface area (Å²) in [4.78, 5) is 28.6. The highest BCUT2D eigenvalue weighted by atomic mass is 19.1. The smallest absolute Gasteiger partial charge is 0.332 e. The number of hydrogen-bond donors (Lipinski definition) is 2. The lowest BCUT2D eigenvalue weighted by Gasteiger charge is -2.27. The summed E-state index contributed by atoms with van der Waals surface area (Å²) in [7, 11) is 1.22. The van der Waals surface area contributed by atoms with Crippen molar-refractivity contribution in [2.24, 2.45) is 0 Å². The molecule has 0 saturated heterocycles. The van der Waals surface area contributed by atoms with Crippen LogP contribution in [0.5, 0.6) is 5.75 Å². The molecule has 1 atom stereocenters. The van der Waals surface area contributed by atoms with Crippen LogP contribution in [-0.4, -0.2) is 34.6 Å². The third-order valence-corrected chi connectivity index (χ3v) is 4.08. The molecule has 1 aromatic carbocycles. The molecule has 1 unspecified atom stereocenters. The van der Waals surface area contributed by atoms with E-state index in [0.717, 1.165) is 5.56 Å². The number of carbonyl (C=O) groups excluding carboxylic acids is 2. The summed E-state index contributed by atoms with van der Waals surface area (Å²) in [5.41, 5.74) is -0.160. The van der Waals surface area contributed by atoms with Crippen molar-refractivity contribution < 1.29 is 23.8 Å². The molecule has 1 aromatic heterocycles. The number of pyridine rings is 1. The maximum absolute atomic E-state index is 13.4. The van der Waals surface area contributed by atoms with Gasteiger partial charge in [0.1, 0.15) is 17.1 Å². The van der Waals surface area contributed by atoms with E-state index in [4.69, 9.17) is 4.74 Å². The highest BCUT2D eigenvalue weighted by Gasteiger charge is 2.46. The van der Waals surface area contributed by atoms with Gasteiger partial charge in [-0.15, -0.1) is 0 Å². The number of nitrogens with zero attached hydrogens (tertiary/aromatic N) is 1. The Labute approximate surface area is 137 Å². The molecular weight excluding hydrogens is 315 g/mol. The number of aromatic nitrogens is 1. The average molecular weight is 330 g/mol. The normalized spacial score (nSPS) is 18.8. The number of carbonyl (C=O) groups is 2. The molecule has 1 aliphatic rings. The van der Waals surface area contributed by atoms with Crippen LogP contribution < -0.4 is 5.32 Å². The van der Waals surface area contributed by atoms with Gasteiger partial charge in [-0.3, -0.25) is 4.79 Å². The first-order chi connectivity index (χ1) is 11.4. The zero-order valence-corrected chi connectivity index (χ0v) is 12.9. The van der Waals surface area contributed by atoms with Crippen LogP contribution in [0.4, 0.5) is 4.39 Å². The molecule has 2 aromatic rings. The summed E-state index contributed by atoms with van der Waals surface area (Å²) in [5, 5.41) is 12.4. The fourth-order valence-corrected chi connectivity index (χ4v) is 2.97. The Balaban J connectivity index is 1.93. The first kappa shape index (κ1) is 15.9. The Morgan fingerprint density at radius 1 is 1.29 bits per heavy atom. The molecule has 0 aliphatic heterocycles. The second-order valence-electron chi connectivity index (χ2n) is 5.67. The molecule has 124 valence electrons. The van der Waals surface area contributed by atoms with Gasteiger partial charge < -0.3 is 15.2 Å². The molecule has 1 amide bonds. The van der Waals surface area contributed by atoms with Crippen molar-refractivity contribution in [1.82, 2.24) is 10.3 Å².